The minimum absolute atomic E-state index is 0.0855. The SMILES string of the molecule is O=C(N[C@@H]1C[C@H]2CC[C@@H]1C2)c1ccc(S(=O)(=O)N2CCCC2)cc1. The zero-order valence-corrected chi connectivity index (χ0v) is 14.6. The van der Waals surface area contributed by atoms with Gasteiger partial charge in [-0.1, -0.05) is 6.42 Å². The quantitative estimate of drug-likeness (QED) is 0.908. The third-order valence-electron chi connectivity index (χ3n) is 5.87. The molecule has 1 aliphatic heterocycles. The van der Waals surface area contributed by atoms with Crippen LogP contribution in [0.25, 0.3) is 0 Å². The lowest BCUT2D eigenvalue weighted by Crippen LogP contribution is -2.38. The molecule has 1 N–H and O–H groups in total. The largest absolute Gasteiger partial charge is 0.349 e. The van der Waals surface area contributed by atoms with E-state index in [-0.39, 0.29) is 10.8 Å². The molecule has 0 aromatic heterocycles. The summed E-state index contributed by atoms with van der Waals surface area (Å²) >= 11 is 0. The number of sulfonamides is 1. The highest BCUT2D eigenvalue weighted by Crippen LogP contribution is 2.44. The van der Waals surface area contributed by atoms with Gasteiger partial charge in [0.25, 0.3) is 5.91 Å². The molecule has 3 atom stereocenters. The van der Waals surface area contributed by atoms with Crippen LogP contribution >= 0.6 is 0 Å². The first-order valence-electron chi connectivity index (χ1n) is 8.95. The fourth-order valence-corrected chi connectivity index (χ4v) is 6.05. The third-order valence-corrected chi connectivity index (χ3v) is 7.79. The minimum Gasteiger partial charge on any atom is -0.349 e. The van der Waals surface area contributed by atoms with Gasteiger partial charge in [0, 0.05) is 24.7 Å². The van der Waals surface area contributed by atoms with Gasteiger partial charge in [-0.3, -0.25) is 4.79 Å². The molecular formula is C18H24N2O3S. The molecule has 1 amide bonds. The zero-order valence-electron chi connectivity index (χ0n) is 13.8. The van der Waals surface area contributed by atoms with Gasteiger partial charge < -0.3 is 5.32 Å². The van der Waals surface area contributed by atoms with Crippen molar-refractivity contribution in [2.24, 2.45) is 11.8 Å². The molecule has 2 saturated carbocycles. The van der Waals surface area contributed by atoms with E-state index >= 15 is 0 Å². The number of carbonyl (C=O) groups is 1. The number of rotatable bonds is 4. The maximum absolute atomic E-state index is 12.5. The molecule has 24 heavy (non-hydrogen) atoms. The normalized spacial score (nSPS) is 29.9. The number of fused-ring (bicyclic) bond motifs is 2. The summed E-state index contributed by atoms with van der Waals surface area (Å²) in [7, 11) is -3.41. The summed E-state index contributed by atoms with van der Waals surface area (Å²) in [6.45, 7) is 1.18. The second-order valence-corrected chi connectivity index (χ2v) is 9.33. The Balaban J connectivity index is 1.44. The van der Waals surface area contributed by atoms with Gasteiger partial charge in [-0.2, -0.15) is 4.31 Å². The molecule has 0 spiro atoms. The van der Waals surface area contributed by atoms with Crippen molar-refractivity contribution >= 4 is 15.9 Å². The van der Waals surface area contributed by atoms with Gasteiger partial charge in [-0.05, 0) is 68.2 Å². The highest BCUT2D eigenvalue weighted by Gasteiger charge is 2.40. The second kappa shape index (κ2) is 6.15. The number of amides is 1. The smallest absolute Gasteiger partial charge is 0.251 e. The summed E-state index contributed by atoms with van der Waals surface area (Å²) in [5, 5.41) is 3.14. The van der Waals surface area contributed by atoms with E-state index in [0.717, 1.165) is 25.2 Å². The van der Waals surface area contributed by atoms with Gasteiger partial charge >= 0.3 is 0 Å². The van der Waals surface area contributed by atoms with Crippen molar-refractivity contribution in [3.05, 3.63) is 29.8 Å². The Bertz CT molecular complexity index is 723. The highest BCUT2D eigenvalue weighted by atomic mass is 32.2. The van der Waals surface area contributed by atoms with Crippen LogP contribution in [0.15, 0.2) is 29.2 Å². The van der Waals surface area contributed by atoms with Crippen LogP contribution in [0.2, 0.25) is 0 Å². The van der Waals surface area contributed by atoms with Gasteiger partial charge in [-0.15, -0.1) is 0 Å². The second-order valence-electron chi connectivity index (χ2n) is 7.39. The number of hydrogen-bond acceptors (Lipinski definition) is 3. The molecule has 2 aliphatic carbocycles. The molecule has 1 saturated heterocycles. The van der Waals surface area contributed by atoms with Crippen molar-refractivity contribution in [1.29, 1.82) is 0 Å². The van der Waals surface area contributed by atoms with E-state index in [1.54, 1.807) is 24.3 Å². The van der Waals surface area contributed by atoms with E-state index in [2.05, 4.69) is 5.32 Å². The van der Waals surface area contributed by atoms with Crippen LogP contribution in [-0.4, -0.2) is 37.8 Å². The number of carbonyl (C=O) groups excluding carboxylic acids is 1. The topological polar surface area (TPSA) is 66.5 Å². The van der Waals surface area contributed by atoms with Crippen molar-refractivity contribution in [3.8, 4) is 0 Å². The molecule has 4 rings (SSSR count). The summed E-state index contributed by atoms with van der Waals surface area (Å²) in [6.07, 6.45) is 6.71. The number of benzene rings is 1. The van der Waals surface area contributed by atoms with E-state index in [1.807, 2.05) is 0 Å². The maximum Gasteiger partial charge on any atom is 0.251 e. The van der Waals surface area contributed by atoms with Crippen LogP contribution in [0.3, 0.4) is 0 Å². The highest BCUT2D eigenvalue weighted by molar-refractivity contribution is 7.89. The Morgan fingerprint density at radius 3 is 2.33 bits per heavy atom. The Morgan fingerprint density at radius 1 is 1.04 bits per heavy atom. The lowest BCUT2D eigenvalue weighted by molar-refractivity contribution is 0.0923. The van der Waals surface area contributed by atoms with E-state index in [1.165, 1.54) is 23.6 Å². The molecule has 1 heterocycles. The Labute approximate surface area is 143 Å². The predicted molar refractivity (Wildman–Crippen MR) is 91.1 cm³/mol. The first-order valence-corrected chi connectivity index (χ1v) is 10.4. The first kappa shape index (κ1) is 16.1. The summed E-state index contributed by atoms with van der Waals surface area (Å²) in [6, 6.07) is 6.67. The van der Waals surface area contributed by atoms with Gasteiger partial charge in [0.2, 0.25) is 10.0 Å². The lowest BCUT2D eigenvalue weighted by atomic mass is 9.95. The average Bonchev–Trinajstić information content (AvgIpc) is 3.32. The van der Waals surface area contributed by atoms with Crippen molar-refractivity contribution in [1.82, 2.24) is 9.62 Å². The minimum atomic E-state index is -3.41. The molecule has 3 aliphatic rings. The van der Waals surface area contributed by atoms with E-state index in [9.17, 15) is 13.2 Å². The molecule has 6 heteroatoms. The van der Waals surface area contributed by atoms with Crippen LogP contribution in [0, 0.1) is 11.8 Å². The Morgan fingerprint density at radius 2 is 1.75 bits per heavy atom. The zero-order chi connectivity index (χ0) is 16.7. The maximum atomic E-state index is 12.5. The molecule has 1 aromatic carbocycles. The number of hydrogen-bond donors (Lipinski definition) is 1. The molecule has 0 radical (unpaired) electrons. The summed E-state index contributed by atoms with van der Waals surface area (Å²) in [5.74, 6) is 1.33. The van der Waals surface area contributed by atoms with Crippen LogP contribution in [-0.2, 0) is 10.0 Å². The Hall–Kier alpha value is -1.40. The van der Waals surface area contributed by atoms with Gasteiger partial charge in [0.1, 0.15) is 0 Å². The summed E-state index contributed by atoms with van der Waals surface area (Å²) < 4.78 is 26.5. The molecule has 3 fully saturated rings. The van der Waals surface area contributed by atoms with Crippen LogP contribution in [0.4, 0.5) is 0 Å². The third kappa shape index (κ3) is 2.86. The number of nitrogens with one attached hydrogen (secondary N) is 1. The van der Waals surface area contributed by atoms with Crippen molar-refractivity contribution in [2.45, 2.75) is 49.5 Å². The van der Waals surface area contributed by atoms with Crippen LogP contribution < -0.4 is 5.32 Å². The molecule has 0 unspecified atom stereocenters. The number of nitrogens with zero attached hydrogens (tertiary/aromatic N) is 1. The predicted octanol–water partition coefficient (Wildman–Crippen LogP) is 2.39. The molecule has 130 valence electrons. The van der Waals surface area contributed by atoms with Crippen LogP contribution in [0.1, 0.15) is 48.9 Å². The summed E-state index contributed by atoms with van der Waals surface area (Å²) in [5.41, 5.74) is 0.540. The average molecular weight is 348 g/mol. The fraction of sp³-hybridized carbons (Fsp3) is 0.611. The van der Waals surface area contributed by atoms with E-state index in [0.29, 0.717) is 30.6 Å². The van der Waals surface area contributed by atoms with Crippen molar-refractivity contribution in [3.63, 3.8) is 0 Å². The standard InChI is InChI=1S/C18H24N2O3S/c21-18(19-17-12-13-3-4-15(17)11-13)14-5-7-16(8-6-14)24(22,23)20-9-1-2-10-20/h5-8,13,15,17H,1-4,9-12H2,(H,19,21)/t13-,15+,17+/m0/s1. The van der Waals surface area contributed by atoms with Crippen molar-refractivity contribution in [2.75, 3.05) is 13.1 Å². The Kier molecular flexibility index (Phi) is 4.12. The van der Waals surface area contributed by atoms with Gasteiger partial charge in [0.15, 0.2) is 0 Å². The first-order chi connectivity index (χ1) is 11.5. The molecule has 2 bridgehead atoms. The monoisotopic (exact) mass is 348 g/mol. The van der Waals surface area contributed by atoms with E-state index < -0.39 is 10.0 Å². The molecule has 5 nitrogen and oxygen atoms in total. The fourth-order valence-electron chi connectivity index (χ4n) is 4.53. The van der Waals surface area contributed by atoms with Gasteiger partial charge in [0.05, 0.1) is 4.90 Å². The van der Waals surface area contributed by atoms with E-state index in [4.69, 9.17) is 0 Å². The lowest BCUT2D eigenvalue weighted by Gasteiger charge is -2.23. The molecule has 1 aromatic rings. The van der Waals surface area contributed by atoms with Gasteiger partial charge in [-0.25, -0.2) is 8.42 Å². The molecular weight excluding hydrogens is 324 g/mol. The summed E-state index contributed by atoms with van der Waals surface area (Å²) in [4.78, 5) is 12.7. The van der Waals surface area contributed by atoms with Crippen molar-refractivity contribution < 1.29 is 13.2 Å². The van der Waals surface area contributed by atoms with Crippen LogP contribution in [0.5, 0.6) is 0 Å².